The first kappa shape index (κ1) is 23.5. The predicted molar refractivity (Wildman–Crippen MR) is 122 cm³/mol. The van der Waals surface area contributed by atoms with E-state index < -0.39 is 20.9 Å². The van der Waals surface area contributed by atoms with Gasteiger partial charge in [0.2, 0.25) is 0 Å². The molecule has 1 amide bonds. The molecule has 0 saturated heterocycles. The van der Waals surface area contributed by atoms with Crippen molar-refractivity contribution in [3.63, 3.8) is 0 Å². The average Bonchev–Trinajstić information content (AvgIpc) is 2.80. The zero-order chi connectivity index (χ0) is 24.0. The van der Waals surface area contributed by atoms with Crippen LogP contribution >= 0.6 is 0 Å². The maximum absolute atomic E-state index is 12.9. The van der Waals surface area contributed by atoms with Gasteiger partial charge in [0.15, 0.2) is 0 Å². The van der Waals surface area contributed by atoms with Crippen LogP contribution in [0.3, 0.4) is 0 Å². The lowest BCUT2D eigenvalue weighted by Gasteiger charge is -2.12. The van der Waals surface area contributed by atoms with Gasteiger partial charge in [-0.05, 0) is 55.5 Å². The van der Waals surface area contributed by atoms with Gasteiger partial charge in [-0.1, -0.05) is 6.07 Å². The first-order chi connectivity index (χ1) is 15.7. The molecule has 10 nitrogen and oxygen atoms in total. The van der Waals surface area contributed by atoms with E-state index in [1.165, 1.54) is 43.5 Å². The number of rotatable bonds is 9. The molecule has 0 spiro atoms. The Hall–Kier alpha value is -4.12. The monoisotopic (exact) mass is 471 g/mol. The molecular weight excluding hydrogens is 450 g/mol. The molecule has 3 aromatic rings. The van der Waals surface area contributed by atoms with Gasteiger partial charge in [-0.3, -0.25) is 19.6 Å². The van der Waals surface area contributed by atoms with E-state index in [9.17, 15) is 23.3 Å². The lowest BCUT2D eigenvalue weighted by atomic mass is 10.2. The zero-order valence-corrected chi connectivity index (χ0v) is 18.6. The van der Waals surface area contributed by atoms with Crippen molar-refractivity contribution in [2.24, 2.45) is 0 Å². The highest BCUT2D eigenvalue weighted by molar-refractivity contribution is 7.92. The molecule has 3 rings (SSSR count). The molecule has 0 bridgehead atoms. The fourth-order valence-electron chi connectivity index (χ4n) is 2.90. The van der Waals surface area contributed by atoms with Crippen LogP contribution in [0.2, 0.25) is 0 Å². The quantitative estimate of drug-likeness (QED) is 0.355. The number of sulfonamides is 1. The summed E-state index contributed by atoms with van der Waals surface area (Å²) in [6, 6.07) is 15.7. The van der Waals surface area contributed by atoms with E-state index in [-0.39, 0.29) is 27.6 Å². The third kappa shape index (κ3) is 5.77. The molecule has 0 aliphatic rings. The van der Waals surface area contributed by atoms with Crippen molar-refractivity contribution in [3.8, 4) is 11.5 Å². The van der Waals surface area contributed by atoms with Crippen molar-refractivity contribution in [3.05, 3.63) is 82.4 Å². The lowest BCUT2D eigenvalue weighted by molar-refractivity contribution is -0.384. The summed E-state index contributed by atoms with van der Waals surface area (Å²) < 4.78 is 38.5. The Bertz CT molecular complexity index is 1280. The van der Waals surface area contributed by atoms with Crippen molar-refractivity contribution in [2.45, 2.75) is 11.8 Å². The number of non-ortho nitro benzene ring substituents is 1. The fraction of sp³-hybridized carbons (Fsp3) is 0.136. The normalized spacial score (nSPS) is 10.8. The van der Waals surface area contributed by atoms with E-state index in [2.05, 4.69) is 10.0 Å². The van der Waals surface area contributed by atoms with Crippen LogP contribution in [0, 0.1) is 10.1 Å². The SMILES string of the molecule is CCOc1ccc(NC(=O)c2cccc(S(=O)(=O)Nc3cc([N+](=O)[O-])ccc3OC)c2)cc1. The number of methoxy groups -OCH3 is 1. The minimum absolute atomic E-state index is 0.101. The number of carbonyl (C=O) groups excluding carboxylic acids is 1. The number of amides is 1. The maximum Gasteiger partial charge on any atom is 0.271 e. The molecule has 0 atom stereocenters. The topological polar surface area (TPSA) is 137 Å². The summed E-state index contributed by atoms with van der Waals surface area (Å²) in [5.74, 6) is 0.254. The molecule has 0 unspecified atom stereocenters. The Balaban J connectivity index is 1.82. The molecule has 0 fully saturated rings. The second-order valence-electron chi connectivity index (χ2n) is 6.69. The van der Waals surface area contributed by atoms with Gasteiger partial charge in [0.05, 0.1) is 29.2 Å². The van der Waals surface area contributed by atoms with Crippen LogP contribution in [0.4, 0.5) is 17.1 Å². The third-order valence-electron chi connectivity index (χ3n) is 4.47. The number of nitro groups is 1. The zero-order valence-electron chi connectivity index (χ0n) is 17.8. The smallest absolute Gasteiger partial charge is 0.271 e. The summed E-state index contributed by atoms with van der Waals surface area (Å²) in [6.07, 6.45) is 0. The number of hydrogen-bond acceptors (Lipinski definition) is 7. The second-order valence-corrected chi connectivity index (χ2v) is 8.37. The number of benzene rings is 3. The Kier molecular flexibility index (Phi) is 7.13. The van der Waals surface area contributed by atoms with Crippen LogP contribution in [0.1, 0.15) is 17.3 Å². The summed E-state index contributed by atoms with van der Waals surface area (Å²) in [5, 5.41) is 13.7. The highest BCUT2D eigenvalue weighted by atomic mass is 32.2. The molecule has 0 aliphatic carbocycles. The van der Waals surface area contributed by atoms with Gasteiger partial charge < -0.3 is 14.8 Å². The van der Waals surface area contributed by atoms with Crippen molar-refractivity contribution < 1.29 is 27.6 Å². The van der Waals surface area contributed by atoms with Crippen LogP contribution in [-0.4, -0.2) is 33.0 Å². The number of nitrogens with one attached hydrogen (secondary N) is 2. The van der Waals surface area contributed by atoms with Crippen LogP contribution in [0.15, 0.2) is 71.6 Å². The van der Waals surface area contributed by atoms with Gasteiger partial charge in [-0.2, -0.15) is 0 Å². The number of hydrogen-bond donors (Lipinski definition) is 2. The van der Waals surface area contributed by atoms with Gasteiger partial charge in [-0.25, -0.2) is 8.42 Å². The average molecular weight is 471 g/mol. The predicted octanol–water partition coefficient (Wildman–Crippen LogP) is 4.06. The summed E-state index contributed by atoms with van der Waals surface area (Å²) >= 11 is 0. The number of anilines is 2. The van der Waals surface area contributed by atoms with Crippen molar-refractivity contribution in [1.29, 1.82) is 0 Å². The summed E-state index contributed by atoms with van der Waals surface area (Å²) in [6.45, 7) is 2.38. The molecule has 33 heavy (non-hydrogen) atoms. The second kappa shape index (κ2) is 10.0. The molecule has 172 valence electrons. The maximum atomic E-state index is 12.9. The fourth-order valence-corrected chi connectivity index (χ4v) is 4.01. The van der Waals surface area contributed by atoms with Crippen molar-refractivity contribution in [2.75, 3.05) is 23.8 Å². The molecule has 0 saturated carbocycles. The molecular formula is C22H21N3O7S. The Morgan fingerprint density at radius 1 is 1.06 bits per heavy atom. The van der Waals surface area contributed by atoms with Gasteiger partial charge in [0.25, 0.3) is 21.6 Å². The number of nitrogens with zero attached hydrogens (tertiary/aromatic N) is 1. The molecule has 0 aromatic heterocycles. The van der Waals surface area contributed by atoms with Crippen molar-refractivity contribution >= 4 is 33.0 Å². The van der Waals surface area contributed by atoms with E-state index in [0.29, 0.717) is 18.0 Å². The largest absolute Gasteiger partial charge is 0.495 e. The van der Waals surface area contributed by atoms with E-state index in [1.807, 2.05) is 6.92 Å². The molecule has 3 aromatic carbocycles. The van der Waals surface area contributed by atoms with E-state index >= 15 is 0 Å². The van der Waals surface area contributed by atoms with Gasteiger partial charge in [-0.15, -0.1) is 0 Å². The first-order valence-electron chi connectivity index (χ1n) is 9.73. The Morgan fingerprint density at radius 3 is 2.42 bits per heavy atom. The van der Waals surface area contributed by atoms with Gasteiger partial charge >= 0.3 is 0 Å². The lowest BCUT2D eigenvalue weighted by Crippen LogP contribution is -2.16. The van der Waals surface area contributed by atoms with Gasteiger partial charge in [0, 0.05) is 23.4 Å². The Morgan fingerprint density at radius 2 is 1.79 bits per heavy atom. The van der Waals surface area contributed by atoms with Crippen molar-refractivity contribution in [1.82, 2.24) is 0 Å². The molecule has 2 N–H and O–H groups in total. The first-order valence-corrected chi connectivity index (χ1v) is 11.2. The minimum atomic E-state index is -4.18. The van der Waals surface area contributed by atoms with Gasteiger partial charge in [0.1, 0.15) is 11.5 Å². The minimum Gasteiger partial charge on any atom is -0.495 e. The van der Waals surface area contributed by atoms with Crippen LogP contribution in [-0.2, 0) is 10.0 Å². The number of carbonyl (C=O) groups is 1. The molecule has 0 heterocycles. The van der Waals surface area contributed by atoms with E-state index in [0.717, 1.165) is 6.07 Å². The molecule has 0 aliphatic heterocycles. The summed E-state index contributed by atoms with van der Waals surface area (Å²) in [7, 11) is -2.87. The van der Waals surface area contributed by atoms with E-state index in [4.69, 9.17) is 9.47 Å². The summed E-state index contributed by atoms with van der Waals surface area (Å²) in [5.41, 5.74) is 0.210. The number of nitro benzene ring substituents is 1. The summed E-state index contributed by atoms with van der Waals surface area (Å²) in [4.78, 5) is 22.8. The van der Waals surface area contributed by atoms with Crippen LogP contribution in [0.25, 0.3) is 0 Å². The molecule has 11 heteroatoms. The van der Waals surface area contributed by atoms with E-state index in [1.54, 1.807) is 24.3 Å². The third-order valence-corrected chi connectivity index (χ3v) is 5.83. The highest BCUT2D eigenvalue weighted by Gasteiger charge is 2.20. The molecule has 0 radical (unpaired) electrons. The number of ether oxygens (including phenoxy) is 2. The van der Waals surface area contributed by atoms with Crippen LogP contribution in [0.5, 0.6) is 11.5 Å². The standard InChI is InChI=1S/C22H21N3O7S/c1-3-32-18-10-7-16(8-11-18)23-22(26)15-5-4-6-19(13-15)33(29,30)24-20-14-17(25(27)28)9-12-21(20)31-2/h4-14,24H,3H2,1-2H3,(H,23,26). The highest BCUT2D eigenvalue weighted by Crippen LogP contribution is 2.31. The van der Waals surface area contributed by atoms with Crippen LogP contribution < -0.4 is 19.5 Å². The Labute approximate surface area is 190 Å².